The number of thiazole rings is 1. The van der Waals surface area contributed by atoms with Gasteiger partial charge in [0.1, 0.15) is 23.2 Å². The predicted molar refractivity (Wildman–Crippen MR) is 146 cm³/mol. The number of Topliss-reactive ketones (excluding diaryl/α,β-unsaturated/α-hetero) is 1. The number of thioether (sulfide) groups is 1. The van der Waals surface area contributed by atoms with Crippen molar-refractivity contribution in [3.05, 3.63) is 40.6 Å². The fourth-order valence-corrected chi connectivity index (χ4v) is 7.14. The highest BCUT2D eigenvalue weighted by Crippen LogP contribution is 2.40. The Morgan fingerprint density at radius 1 is 1.36 bits per heavy atom. The van der Waals surface area contributed by atoms with Gasteiger partial charge in [-0.15, -0.1) is 34.4 Å². The van der Waals surface area contributed by atoms with Crippen molar-refractivity contribution in [2.75, 3.05) is 26.0 Å². The second-order valence-corrected chi connectivity index (χ2v) is 11.4. The summed E-state index contributed by atoms with van der Waals surface area (Å²) < 4.78 is 6.88. The molecule has 0 amide bonds. The SMILES string of the molecule is CCN1CCCC(C(=O)O)C1C(=O)COc1cccc(-c2csc(-c3cc(C(=N)N)sc3SC)n2)c1. The molecular formula is C25H28N4O4S3. The number of aliphatic carboxylic acids is 1. The third-order valence-corrected chi connectivity index (χ3v) is 9.36. The van der Waals surface area contributed by atoms with Gasteiger partial charge in [0.05, 0.1) is 26.7 Å². The Morgan fingerprint density at radius 3 is 2.86 bits per heavy atom. The maximum Gasteiger partial charge on any atom is 0.308 e. The van der Waals surface area contributed by atoms with E-state index in [1.54, 1.807) is 17.8 Å². The van der Waals surface area contributed by atoms with Gasteiger partial charge in [0.25, 0.3) is 0 Å². The second-order valence-electron chi connectivity index (χ2n) is 8.41. The minimum atomic E-state index is -0.932. The van der Waals surface area contributed by atoms with Crippen LogP contribution >= 0.6 is 34.4 Å². The molecule has 1 aromatic carbocycles. The summed E-state index contributed by atoms with van der Waals surface area (Å²) in [7, 11) is 0. The highest BCUT2D eigenvalue weighted by Gasteiger charge is 2.40. The molecule has 3 aromatic rings. The van der Waals surface area contributed by atoms with Gasteiger partial charge in [0.2, 0.25) is 0 Å². The largest absolute Gasteiger partial charge is 0.486 e. The standard InChI is InChI=1S/C25H28N4O4S3/c1-3-29-9-5-8-16(24(31)32)21(29)19(30)12-33-15-7-4-6-14(10-15)18-13-35-23(28-18)17-11-20(22(26)27)36-25(17)34-2/h4,6-7,10-11,13,16,21H,3,5,8-9,12H2,1-2H3,(H3,26,27)(H,31,32). The molecule has 1 saturated heterocycles. The zero-order valence-electron chi connectivity index (χ0n) is 20.0. The smallest absolute Gasteiger partial charge is 0.308 e. The van der Waals surface area contributed by atoms with Gasteiger partial charge in [-0.3, -0.25) is 19.9 Å². The number of ketones is 1. The van der Waals surface area contributed by atoms with Crippen molar-refractivity contribution in [3.8, 4) is 27.6 Å². The van der Waals surface area contributed by atoms with E-state index in [0.29, 0.717) is 25.3 Å². The van der Waals surface area contributed by atoms with Crippen LogP contribution in [0.25, 0.3) is 21.8 Å². The van der Waals surface area contributed by atoms with Gasteiger partial charge in [-0.05, 0) is 50.4 Å². The molecule has 1 aliphatic heterocycles. The predicted octanol–water partition coefficient (Wildman–Crippen LogP) is 4.68. The van der Waals surface area contributed by atoms with Gasteiger partial charge in [-0.25, -0.2) is 4.98 Å². The fraction of sp³-hybridized carbons (Fsp3) is 0.360. The highest BCUT2D eigenvalue weighted by molar-refractivity contribution is 8.00. The molecule has 1 fully saturated rings. The fourth-order valence-electron chi connectivity index (χ4n) is 4.43. The van der Waals surface area contributed by atoms with Crippen molar-refractivity contribution < 1.29 is 19.4 Å². The van der Waals surface area contributed by atoms with Crippen LogP contribution in [0.3, 0.4) is 0 Å². The molecule has 1 aliphatic rings. The first-order valence-electron chi connectivity index (χ1n) is 11.5. The summed E-state index contributed by atoms with van der Waals surface area (Å²) in [5.41, 5.74) is 8.28. The molecule has 0 radical (unpaired) electrons. The summed E-state index contributed by atoms with van der Waals surface area (Å²) >= 11 is 4.60. The van der Waals surface area contributed by atoms with Crippen LogP contribution in [-0.4, -0.2) is 64.6 Å². The molecular weight excluding hydrogens is 517 g/mol. The molecule has 4 rings (SSSR count). The summed E-state index contributed by atoms with van der Waals surface area (Å²) in [6.07, 6.45) is 3.26. The average Bonchev–Trinajstić information content (AvgIpc) is 3.54. The van der Waals surface area contributed by atoms with Crippen LogP contribution in [-0.2, 0) is 9.59 Å². The molecule has 0 aliphatic carbocycles. The number of thiophene rings is 1. The zero-order chi connectivity index (χ0) is 25.8. The Bertz CT molecular complexity index is 1270. The number of aromatic nitrogens is 1. The van der Waals surface area contributed by atoms with Gasteiger partial charge in [0.15, 0.2) is 5.78 Å². The minimum Gasteiger partial charge on any atom is -0.486 e. The number of piperidine rings is 1. The lowest BCUT2D eigenvalue weighted by Crippen LogP contribution is -2.53. The first-order chi connectivity index (χ1) is 17.3. The van der Waals surface area contributed by atoms with E-state index in [4.69, 9.17) is 20.9 Å². The van der Waals surface area contributed by atoms with Crippen molar-refractivity contribution in [2.45, 2.75) is 30.0 Å². The van der Waals surface area contributed by atoms with Gasteiger partial charge < -0.3 is 15.6 Å². The molecule has 11 heteroatoms. The third-order valence-electron chi connectivity index (χ3n) is 6.18. The Hall–Kier alpha value is -2.73. The van der Waals surface area contributed by atoms with Crippen LogP contribution < -0.4 is 10.5 Å². The van der Waals surface area contributed by atoms with E-state index in [0.717, 1.165) is 37.3 Å². The Kier molecular flexibility index (Phi) is 8.45. The number of carbonyl (C=O) groups excluding carboxylic acids is 1. The average molecular weight is 545 g/mol. The Labute approximate surface area is 222 Å². The number of nitrogen functional groups attached to an aromatic ring is 1. The number of nitrogens with one attached hydrogen (secondary N) is 1. The lowest BCUT2D eigenvalue weighted by molar-refractivity contribution is -0.150. The molecule has 4 N–H and O–H groups in total. The lowest BCUT2D eigenvalue weighted by Gasteiger charge is -2.37. The number of benzene rings is 1. The number of nitrogens with zero attached hydrogens (tertiary/aromatic N) is 2. The monoisotopic (exact) mass is 544 g/mol. The molecule has 0 saturated carbocycles. The number of likely N-dealkylation sites (tertiary alicyclic amines) is 1. The molecule has 190 valence electrons. The summed E-state index contributed by atoms with van der Waals surface area (Å²) in [4.78, 5) is 32.2. The van der Waals surface area contributed by atoms with Crippen molar-refractivity contribution in [1.82, 2.24) is 9.88 Å². The number of hydrogen-bond donors (Lipinski definition) is 3. The molecule has 3 heterocycles. The summed E-state index contributed by atoms with van der Waals surface area (Å²) in [6.45, 7) is 3.10. The van der Waals surface area contributed by atoms with Crippen molar-refractivity contribution >= 4 is 52.0 Å². The third kappa shape index (κ3) is 5.64. The Morgan fingerprint density at radius 2 is 2.17 bits per heavy atom. The van der Waals surface area contributed by atoms with Crippen LogP contribution in [0.1, 0.15) is 24.6 Å². The molecule has 36 heavy (non-hydrogen) atoms. The number of hydrogen-bond acceptors (Lipinski definition) is 9. The zero-order valence-corrected chi connectivity index (χ0v) is 22.5. The van der Waals surface area contributed by atoms with Crippen LogP contribution in [0.5, 0.6) is 5.75 Å². The van der Waals surface area contributed by atoms with Crippen LogP contribution in [0.15, 0.2) is 39.9 Å². The normalized spacial score (nSPS) is 18.2. The van der Waals surface area contributed by atoms with Gasteiger partial charge in [-0.1, -0.05) is 19.1 Å². The van der Waals surface area contributed by atoms with Crippen LogP contribution in [0.2, 0.25) is 0 Å². The van der Waals surface area contributed by atoms with Crippen LogP contribution in [0.4, 0.5) is 0 Å². The number of nitrogens with two attached hydrogens (primary N) is 1. The van der Waals surface area contributed by atoms with Gasteiger partial charge in [0, 0.05) is 16.5 Å². The maximum atomic E-state index is 13.0. The molecule has 2 aromatic heterocycles. The number of likely N-dealkylation sites (N-methyl/N-ethyl adjacent to an activating group) is 1. The van der Waals surface area contributed by atoms with E-state index in [-0.39, 0.29) is 18.2 Å². The summed E-state index contributed by atoms with van der Waals surface area (Å²) in [5, 5.41) is 20.2. The van der Waals surface area contributed by atoms with E-state index >= 15 is 0 Å². The minimum absolute atomic E-state index is 0.0442. The van der Waals surface area contributed by atoms with Crippen molar-refractivity contribution in [2.24, 2.45) is 11.7 Å². The number of amidine groups is 1. The molecule has 0 bridgehead atoms. The molecule has 0 spiro atoms. The van der Waals surface area contributed by atoms with Crippen molar-refractivity contribution in [1.29, 1.82) is 5.41 Å². The molecule has 2 unspecified atom stereocenters. The lowest BCUT2D eigenvalue weighted by atomic mass is 9.86. The first kappa shape index (κ1) is 26.3. The summed E-state index contributed by atoms with van der Waals surface area (Å²) in [5.74, 6) is -1.28. The van der Waals surface area contributed by atoms with E-state index in [9.17, 15) is 14.7 Å². The van der Waals surface area contributed by atoms with Crippen molar-refractivity contribution in [3.63, 3.8) is 0 Å². The number of rotatable bonds is 10. The quantitative estimate of drug-likeness (QED) is 0.191. The summed E-state index contributed by atoms with van der Waals surface area (Å²) in [6, 6.07) is 8.63. The molecule has 8 nitrogen and oxygen atoms in total. The van der Waals surface area contributed by atoms with Crippen LogP contribution in [0, 0.1) is 11.3 Å². The Balaban J connectivity index is 1.49. The molecule has 2 atom stereocenters. The highest BCUT2D eigenvalue weighted by atomic mass is 32.2. The van der Waals surface area contributed by atoms with E-state index in [2.05, 4.69) is 0 Å². The number of carboxylic acids is 1. The van der Waals surface area contributed by atoms with Gasteiger partial charge >= 0.3 is 5.97 Å². The number of carboxylic acid groups (broad SMARTS) is 1. The van der Waals surface area contributed by atoms with Gasteiger partial charge in [-0.2, -0.15) is 0 Å². The number of carbonyl (C=O) groups is 2. The maximum absolute atomic E-state index is 13.0. The van der Waals surface area contributed by atoms with E-state index in [1.165, 1.54) is 22.7 Å². The topological polar surface area (TPSA) is 130 Å². The first-order valence-corrected chi connectivity index (χ1v) is 14.4. The second kappa shape index (κ2) is 11.5. The van der Waals surface area contributed by atoms with E-state index in [1.807, 2.05) is 47.7 Å². The number of ether oxygens (including phenoxy) is 1. The van der Waals surface area contributed by atoms with E-state index < -0.39 is 17.9 Å².